The molecular weight excluding hydrogens is 238 g/mol. The molecule has 0 radical (unpaired) electrons. The summed E-state index contributed by atoms with van der Waals surface area (Å²) in [4.78, 5) is 0. The minimum absolute atomic E-state index is 0.476. The first-order valence-electron chi connectivity index (χ1n) is 5.13. The Bertz CT molecular complexity index is 732. The molecular formula is C13H8ClNO2. The molecule has 3 nitrogen and oxygen atoms in total. The number of hydrogen-bond acceptors (Lipinski definition) is 3. The number of rotatable bonds is 0. The lowest BCUT2D eigenvalue weighted by Crippen LogP contribution is -1.79. The molecule has 0 aliphatic rings. The van der Waals surface area contributed by atoms with Crippen LogP contribution in [0.5, 0.6) is 0 Å². The molecule has 0 saturated carbocycles. The molecule has 0 N–H and O–H groups in total. The van der Waals surface area contributed by atoms with E-state index >= 15 is 0 Å². The fourth-order valence-corrected chi connectivity index (χ4v) is 2.36. The highest BCUT2D eigenvalue weighted by atomic mass is 35.5. The van der Waals surface area contributed by atoms with Gasteiger partial charge in [0, 0.05) is 10.8 Å². The number of nitrogens with zero attached hydrogens (tertiary/aromatic N) is 1. The lowest BCUT2D eigenvalue weighted by atomic mass is 10.1. The Morgan fingerprint density at radius 1 is 1.06 bits per heavy atom. The van der Waals surface area contributed by atoms with Gasteiger partial charge in [-0.3, -0.25) is 0 Å². The normalized spacial score (nSPS) is 11.2. The van der Waals surface area contributed by atoms with Crippen LogP contribution in [0.4, 0.5) is 0 Å². The minimum Gasteiger partial charge on any atom is -0.460 e. The number of fused-ring (bicyclic) bond motifs is 2. The molecule has 2 heterocycles. The average Bonchev–Trinajstić information content (AvgIpc) is 2.83. The van der Waals surface area contributed by atoms with Crippen molar-refractivity contribution in [2.24, 2.45) is 0 Å². The zero-order valence-electron chi connectivity index (χ0n) is 9.30. The molecule has 0 atom stereocenters. The summed E-state index contributed by atoms with van der Waals surface area (Å²) in [5.41, 5.74) is 1.56. The van der Waals surface area contributed by atoms with Crippen LogP contribution in [0.3, 0.4) is 0 Å². The van der Waals surface area contributed by atoms with E-state index < -0.39 is 0 Å². The largest absolute Gasteiger partial charge is 0.460 e. The summed E-state index contributed by atoms with van der Waals surface area (Å²) < 4.78 is 11.1. The Hall–Kier alpha value is -1.92. The predicted octanol–water partition coefficient (Wildman–Crippen LogP) is 4.32. The first-order chi connectivity index (χ1) is 8.11. The molecule has 0 fully saturated rings. The summed E-state index contributed by atoms with van der Waals surface area (Å²) in [6.07, 6.45) is 0. The summed E-state index contributed by atoms with van der Waals surface area (Å²) in [5, 5.41) is 11.2. The second-order valence-electron chi connectivity index (χ2n) is 4.00. The molecule has 2 aromatic heterocycles. The van der Waals surface area contributed by atoms with Gasteiger partial charge < -0.3 is 8.83 Å². The van der Waals surface area contributed by atoms with Gasteiger partial charge in [0.1, 0.15) is 23.2 Å². The van der Waals surface area contributed by atoms with Crippen molar-refractivity contribution in [2.45, 2.75) is 13.8 Å². The fourth-order valence-electron chi connectivity index (χ4n) is 2.08. The van der Waals surface area contributed by atoms with Crippen molar-refractivity contribution in [3.63, 3.8) is 0 Å². The molecule has 1 aromatic carbocycles. The van der Waals surface area contributed by atoms with Crippen LogP contribution in [0.2, 0.25) is 5.02 Å². The van der Waals surface area contributed by atoms with Gasteiger partial charge in [-0.05, 0) is 26.0 Å². The lowest BCUT2D eigenvalue weighted by Gasteiger charge is -1.97. The summed E-state index contributed by atoms with van der Waals surface area (Å²) in [6.45, 7) is 3.65. The number of furan rings is 2. The van der Waals surface area contributed by atoms with E-state index in [2.05, 4.69) is 6.07 Å². The molecule has 0 spiro atoms. The van der Waals surface area contributed by atoms with E-state index in [4.69, 9.17) is 20.4 Å². The van der Waals surface area contributed by atoms with E-state index in [1.54, 1.807) is 6.07 Å². The van der Waals surface area contributed by atoms with Crippen LogP contribution in [0, 0.1) is 25.2 Å². The van der Waals surface area contributed by atoms with E-state index in [9.17, 15) is 5.26 Å². The highest BCUT2D eigenvalue weighted by Gasteiger charge is 2.19. The zero-order chi connectivity index (χ0) is 12.2. The number of halogens is 1. The topological polar surface area (TPSA) is 50.1 Å². The summed E-state index contributed by atoms with van der Waals surface area (Å²) >= 11 is 6.27. The standard InChI is InChI=1S/C13H8ClNO2/c1-6-3-8-10(5-15)12-9(4-7(2)16-12)11(14)13(8)17-6/h3-4H,1-2H3. The van der Waals surface area contributed by atoms with Crippen molar-refractivity contribution in [1.82, 2.24) is 0 Å². The molecule has 0 aliphatic heterocycles. The molecule has 0 aliphatic carbocycles. The SMILES string of the molecule is Cc1cc2c(C#N)c3oc(C)cc3c(Cl)c2o1. The van der Waals surface area contributed by atoms with Crippen LogP contribution in [-0.4, -0.2) is 0 Å². The van der Waals surface area contributed by atoms with Crippen molar-refractivity contribution < 1.29 is 8.83 Å². The van der Waals surface area contributed by atoms with Crippen molar-refractivity contribution in [3.8, 4) is 6.07 Å². The number of benzene rings is 1. The maximum Gasteiger partial charge on any atom is 0.155 e. The third-order valence-corrected chi connectivity index (χ3v) is 3.13. The monoisotopic (exact) mass is 245 g/mol. The molecule has 0 bridgehead atoms. The van der Waals surface area contributed by atoms with Crippen LogP contribution in [0.1, 0.15) is 17.1 Å². The molecule has 4 heteroatoms. The number of hydrogen-bond donors (Lipinski definition) is 0. The number of nitriles is 1. The molecule has 0 unspecified atom stereocenters. The van der Waals surface area contributed by atoms with Crippen molar-refractivity contribution in [3.05, 3.63) is 34.2 Å². The molecule has 0 saturated heterocycles. The maximum absolute atomic E-state index is 9.25. The van der Waals surface area contributed by atoms with E-state index in [1.807, 2.05) is 19.9 Å². The predicted molar refractivity (Wildman–Crippen MR) is 65.2 cm³/mol. The maximum atomic E-state index is 9.25. The highest BCUT2D eigenvalue weighted by molar-refractivity contribution is 6.40. The van der Waals surface area contributed by atoms with Crippen LogP contribution >= 0.6 is 11.6 Å². The van der Waals surface area contributed by atoms with Crippen LogP contribution < -0.4 is 0 Å². The molecule has 17 heavy (non-hydrogen) atoms. The highest BCUT2D eigenvalue weighted by Crippen LogP contribution is 2.38. The summed E-state index contributed by atoms with van der Waals surface area (Å²) in [6, 6.07) is 5.77. The van der Waals surface area contributed by atoms with Gasteiger partial charge in [0.05, 0.1) is 5.02 Å². The van der Waals surface area contributed by atoms with Crippen LogP contribution in [0.15, 0.2) is 21.0 Å². The van der Waals surface area contributed by atoms with Crippen molar-refractivity contribution >= 4 is 33.5 Å². The minimum atomic E-state index is 0.476. The van der Waals surface area contributed by atoms with Gasteiger partial charge in [-0.2, -0.15) is 5.26 Å². The lowest BCUT2D eigenvalue weighted by molar-refractivity contribution is 0.575. The van der Waals surface area contributed by atoms with Gasteiger partial charge in [0.15, 0.2) is 11.2 Å². The Morgan fingerprint density at radius 2 is 1.65 bits per heavy atom. The van der Waals surface area contributed by atoms with E-state index in [1.165, 1.54) is 0 Å². The number of aryl methyl sites for hydroxylation is 2. The first-order valence-corrected chi connectivity index (χ1v) is 5.51. The van der Waals surface area contributed by atoms with Gasteiger partial charge in [0.25, 0.3) is 0 Å². The Morgan fingerprint density at radius 3 is 2.29 bits per heavy atom. The molecule has 3 aromatic rings. The smallest absolute Gasteiger partial charge is 0.155 e. The van der Waals surface area contributed by atoms with Gasteiger partial charge in [-0.15, -0.1) is 0 Å². The van der Waals surface area contributed by atoms with Gasteiger partial charge in [-0.25, -0.2) is 0 Å². The Kier molecular flexibility index (Phi) is 1.98. The fraction of sp³-hybridized carbons (Fsp3) is 0.154. The first kappa shape index (κ1) is 10.2. The van der Waals surface area contributed by atoms with Crippen LogP contribution in [0.25, 0.3) is 21.9 Å². The van der Waals surface area contributed by atoms with Crippen molar-refractivity contribution in [1.29, 1.82) is 5.26 Å². The Balaban J connectivity index is 2.67. The molecule has 0 amide bonds. The van der Waals surface area contributed by atoms with Gasteiger partial charge in [0.2, 0.25) is 0 Å². The van der Waals surface area contributed by atoms with E-state index in [0.717, 1.165) is 16.9 Å². The molecule has 84 valence electrons. The van der Waals surface area contributed by atoms with E-state index in [-0.39, 0.29) is 0 Å². The third kappa shape index (κ3) is 1.28. The third-order valence-electron chi connectivity index (χ3n) is 2.75. The van der Waals surface area contributed by atoms with Gasteiger partial charge >= 0.3 is 0 Å². The zero-order valence-corrected chi connectivity index (χ0v) is 10.1. The van der Waals surface area contributed by atoms with Crippen LogP contribution in [-0.2, 0) is 0 Å². The molecule has 3 rings (SSSR count). The average molecular weight is 246 g/mol. The van der Waals surface area contributed by atoms with E-state index in [0.29, 0.717) is 27.1 Å². The summed E-state index contributed by atoms with van der Waals surface area (Å²) in [7, 11) is 0. The van der Waals surface area contributed by atoms with Gasteiger partial charge in [-0.1, -0.05) is 11.6 Å². The second kappa shape index (κ2) is 3.28. The Labute approximate surface area is 102 Å². The second-order valence-corrected chi connectivity index (χ2v) is 4.38. The summed E-state index contributed by atoms with van der Waals surface area (Å²) in [5.74, 6) is 1.45. The quantitative estimate of drug-likeness (QED) is 0.593. The van der Waals surface area contributed by atoms with Crippen molar-refractivity contribution in [2.75, 3.05) is 0 Å².